The molecule has 0 spiro atoms. The van der Waals surface area contributed by atoms with E-state index in [4.69, 9.17) is 9.47 Å². The number of halogens is 1. The monoisotopic (exact) mass is 194 g/mol. The molecule has 1 rings (SSSR count). The maximum atomic E-state index is 10.4. The number of carbonyl (C=O) groups is 1. The van der Waals surface area contributed by atoms with Gasteiger partial charge in [-0.2, -0.15) is 0 Å². The molecule has 1 atom stereocenters. The van der Waals surface area contributed by atoms with Crippen molar-refractivity contribution in [3.8, 4) is 0 Å². The molecular formula is C5H7BrO3. The second-order valence-electron chi connectivity index (χ2n) is 1.77. The number of rotatable bonds is 3. The first-order chi connectivity index (χ1) is 4.33. The zero-order valence-corrected chi connectivity index (χ0v) is 6.39. The highest BCUT2D eigenvalue weighted by Gasteiger charge is 2.23. The Balaban J connectivity index is 1.96. The average molecular weight is 195 g/mol. The van der Waals surface area contributed by atoms with E-state index in [0.29, 0.717) is 6.61 Å². The van der Waals surface area contributed by atoms with E-state index >= 15 is 0 Å². The largest absolute Gasteiger partial charge is 0.462 e. The fourth-order valence-electron chi connectivity index (χ4n) is 0.389. The minimum atomic E-state index is -0.231. The van der Waals surface area contributed by atoms with Crippen LogP contribution < -0.4 is 0 Å². The third kappa shape index (κ3) is 2.81. The topological polar surface area (TPSA) is 38.8 Å². The van der Waals surface area contributed by atoms with Gasteiger partial charge in [-0.25, -0.2) is 0 Å². The molecule has 0 aromatic heterocycles. The lowest BCUT2D eigenvalue weighted by atomic mass is 10.5. The molecular weight excluding hydrogens is 188 g/mol. The Morgan fingerprint density at radius 1 is 1.89 bits per heavy atom. The van der Waals surface area contributed by atoms with E-state index < -0.39 is 0 Å². The number of hydrogen-bond donors (Lipinski definition) is 0. The predicted molar refractivity (Wildman–Crippen MR) is 34.5 cm³/mol. The lowest BCUT2D eigenvalue weighted by Crippen LogP contribution is -2.09. The van der Waals surface area contributed by atoms with E-state index in [1.807, 2.05) is 0 Å². The van der Waals surface area contributed by atoms with E-state index in [-0.39, 0.29) is 17.4 Å². The first-order valence-corrected chi connectivity index (χ1v) is 3.78. The van der Waals surface area contributed by atoms with Crippen LogP contribution in [-0.4, -0.2) is 30.6 Å². The zero-order chi connectivity index (χ0) is 6.69. The Kier molecular flexibility index (Phi) is 2.48. The van der Waals surface area contributed by atoms with Gasteiger partial charge in [0, 0.05) is 0 Å². The van der Waals surface area contributed by atoms with E-state index in [1.165, 1.54) is 0 Å². The SMILES string of the molecule is O=C(CBr)OCC1CO1. The normalized spacial score (nSPS) is 23.4. The number of epoxide rings is 1. The number of hydrogen-bond acceptors (Lipinski definition) is 3. The lowest BCUT2D eigenvalue weighted by molar-refractivity contribution is -0.140. The molecule has 0 radical (unpaired) electrons. The quantitative estimate of drug-likeness (QED) is 0.370. The van der Waals surface area contributed by atoms with Crippen molar-refractivity contribution in [2.75, 3.05) is 18.5 Å². The van der Waals surface area contributed by atoms with Gasteiger partial charge in [0.15, 0.2) is 0 Å². The first-order valence-electron chi connectivity index (χ1n) is 2.66. The van der Waals surface area contributed by atoms with Crippen LogP contribution in [0.5, 0.6) is 0 Å². The van der Waals surface area contributed by atoms with Crippen LogP contribution in [-0.2, 0) is 14.3 Å². The highest BCUT2D eigenvalue weighted by atomic mass is 79.9. The summed E-state index contributed by atoms with van der Waals surface area (Å²) in [7, 11) is 0. The summed E-state index contributed by atoms with van der Waals surface area (Å²) in [5.41, 5.74) is 0. The Morgan fingerprint density at radius 2 is 2.56 bits per heavy atom. The molecule has 1 heterocycles. The molecule has 0 saturated carbocycles. The van der Waals surface area contributed by atoms with Gasteiger partial charge in [0.25, 0.3) is 0 Å². The van der Waals surface area contributed by atoms with Gasteiger partial charge in [0.1, 0.15) is 18.0 Å². The molecule has 1 aliphatic heterocycles. The molecule has 9 heavy (non-hydrogen) atoms. The molecule has 0 aliphatic carbocycles. The van der Waals surface area contributed by atoms with Crippen molar-refractivity contribution in [1.29, 1.82) is 0 Å². The second-order valence-corrected chi connectivity index (χ2v) is 2.33. The fourth-order valence-corrected chi connectivity index (χ4v) is 0.551. The van der Waals surface area contributed by atoms with Crippen molar-refractivity contribution < 1.29 is 14.3 Å². The Bertz CT molecular complexity index is 111. The molecule has 4 heteroatoms. The maximum absolute atomic E-state index is 10.4. The van der Waals surface area contributed by atoms with Crippen molar-refractivity contribution in [1.82, 2.24) is 0 Å². The van der Waals surface area contributed by atoms with Gasteiger partial charge in [-0.05, 0) is 0 Å². The summed E-state index contributed by atoms with van der Waals surface area (Å²) in [4.78, 5) is 10.4. The number of alkyl halides is 1. The molecule has 1 fully saturated rings. The van der Waals surface area contributed by atoms with Gasteiger partial charge < -0.3 is 9.47 Å². The van der Waals surface area contributed by atoms with Crippen molar-refractivity contribution in [2.24, 2.45) is 0 Å². The average Bonchev–Trinajstić information content (AvgIpc) is 2.65. The molecule has 1 saturated heterocycles. The molecule has 1 unspecified atom stereocenters. The number of esters is 1. The van der Waals surface area contributed by atoms with Crippen LogP contribution >= 0.6 is 15.9 Å². The molecule has 0 bridgehead atoms. The highest BCUT2D eigenvalue weighted by Crippen LogP contribution is 2.08. The van der Waals surface area contributed by atoms with Crippen LogP contribution in [0.4, 0.5) is 0 Å². The first kappa shape index (κ1) is 7.02. The van der Waals surface area contributed by atoms with Gasteiger partial charge in [-0.15, -0.1) is 0 Å². The summed E-state index contributed by atoms with van der Waals surface area (Å²) < 4.78 is 9.52. The van der Waals surface area contributed by atoms with Crippen LogP contribution in [0.3, 0.4) is 0 Å². The predicted octanol–water partition coefficient (Wildman–Crippen LogP) is 0.323. The van der Waals surface area contributed by atoms with Crippen LogP contribution in [0.15, 0.2) is 0 Å². The molecule has 0 amide bonds. The Hall–Kier alpha value is -0.0900. The van der Waals surface area contributed by atoms with Crippen LogP contribution in [0.2, 0.25) is 0 Å². The third-order valence-electron chi connectivity index (χ3n) is 0.942. The minimum absolute atomic E-state index is 0.174. The van der Waals surface area contributed by atoms with E-state index in [9.17, 15) is 4.79 Å². The number of ether oxygens (including phenoxy) is 2. The van der Waals surface area contributed by atoms with Gasteiger partial charge >= 0.3 is 5.97 Å². The van der Waals surface area contributed by atoms with Crippen molar-refractivity contribution in [3.05, 3.63) is 0 Å². The van der Waals surface area contributed by atoms with E-state index in [0.717, 1.165) is 6.61 Å². The Labute approximate surface area is 61.4 Å². The standard InChI is InChI=1S/C5H7BrO3/c6-1-5(7)9-3-4-2-8-4/h4H,1-3H2. The highest BCUT2D eigenvalue weighted by molar-refractivity contribution is 9.09. The second kappa shape index (κ2) is 3.17. The summed E-state index contributed by atoms with van der Waals surface area (Å²) >= 11 is 2.97. The van der Waals surface area contributed by atoms with Gasteiger partial charge in [-0.1, -0.05) is 15.9 Å². The van der Waals surface area contributed by atoms with E-state index in [1.54, 1.807) is 0 Å². The van der Waals surface area contributed by atoms with Gasteiger partial charge in [0.05, 0.1) is 6.61 Å². The summed E-state index contributed by atoms with van der Waals surface area (Å²) in [5.74, 6) is -0.231. The van der Waals surface area contributed by atoms with Crippen molar-refractivity contribution >= 4 is 21.9 Å². The van der Waals surface area contributed by atoms with Crippen LogP contribution in [0.25, 0.3) is 0 Å². The van der Waals surface area contributed by atoms with Gasteiger partial charge in [-0.3, -0.25) is 4.79 Å². The number of carbonyl (C=O) groups excluding carboxylic acids is 1. The summed E-state index contributed by atoms with van der Waals surface area (Å²) in [6, 6.07) is 0. The summed E-state index contributed by atoms with van der Waals surface area (Å²) in [6.45, 7) is 1.14. The summed E-state index contributed by atoms with van der Waals surface area (Å²) in [5, 5.41) is 0.264. The summed E-state index contributed by atoms with van der Waals surface area (Å²) in [6.07, 6.45) is 0.174. The molecule has 52 valence electrons. The minimum Gasteiger partial charge on any atom is -0.462 e. The molecule has 0 aromatic rings. The third-order valence-corrected chi connectivity index (χ3v) is 1.40. The zero-order valence-electron chi connectivity index (χ0n) is 4.80. The molecule has 3 nitrogen and oxygen atoms in total. The van der Waals surface area contributed by atoms with E-state index in [2.05, 4.69) is 15.9 Å². The van der Waals surface area contributed by atoms with Crippen LogP contribution in [0.1, 0.15) is 0 Å². The fraction of sp³-hybridized carbons (Fsp3) is 0.800. The van der Waals surface area contributed by atoms with Crippen molar-refractivity contribution in [2.45, 2.75) is 6.10 Å². The Morgan fingerprint density at radius 3 is 3.00 bits per heavy atom. The van der Waals surface area contributed by atoms with Crippen molar-refractivity contribution in [3.63, 3.8) is 0 Å². The molecule has 0 aromatic carbocycles. The van der Waals surface area contributed by atoms with Gasteiger partial charge in [0.2, 0.25) is 0 Å². The molecule has 1 aliphatic rings. The maximum Gasteiger partial charge on any atom is 0.316 e. The smallest absolute Gasteiger partial charge is 0.316 e. The van der Waals surface area contributed by atoms with Crippen LogP contribution in [0, 0.1) is 0 Å². The molecule has 0 N–H and O–H groups in total. The lowest BCUT2D eigenvalue weighted by Gasteiger charge is -1.96.